The molecule has 5 nitrogen and oxygen atoms in total. The quantitative estimate of drug-likeness (QED) is 0.357. The molecule has 1 spiro atoms. The van der Waals surface area contributed by atoms with Crippen LogP contribution in [0.15, 0.2) is 54.6 Å². The number of carboxylic acid groups (broad SMARTS) is 1. The molecule has 198 valence electrons. The van der Waals surface area contributed by atoms with E-state index in [2.05, 4.69) is 12.1 Å². The summed E-state index contributed by atoms with van der Waals surface area (Å²) in [5, 5.41) is 9.56. The molecule has 0 saturated heterocycles. The highest BCUT2D eigenvalue weighted by Gasteiger charge is 2.61. The van der Waals surface area contributed by atoms with Crippen LogP contribution in [-0.4, -0.2) is 25.3 Å². The molecule has 0 heterocycles. The molecule has 3 aromatic carbocycles. The third-order valence-electron chi connectivity index (χ3n) is 9.08. The highest BCUT2D eigenvalue weighted by molar-refractivity contribution is 5.78. The maximum Gasteiger partial charge on any atom is 0.307 e. The predicted molar refractivity (Wildman–Crippen MR) is 142 cm³/mol. The van der Waals surface area contributed by atoms with Crippen LogP contribution in [0.1, 0.15) is 60.8 Å². The third kappa shape index (κ3) is 4.06. The fraction of sp³-hybridized carbons (Fsp3) is 0.406. The van der Waals surface area contributed by atoms with E-state index in [-0.39, 0.29) is 17.2 Å². The van der Waals surface area contributed by atoms with Gasteiger partial charge in [0.2, 0.25) is 0 Å². The Hall–Kier alpha value is -3.38. The maximum atomic E-state index is 15.1. The number of halogens is 1. The van der Waals surface area contributed by atoms with E-state index in [9.17, 15) is 9.90 Å². The van der Waals surface area contributed by atoms with E-state index in [0.717, 1.165) is 66.5 Å². The van der Waals surface area contributed by atoms with Gasteiger partial charge in [-0.15, -0.1) is 0 Å². The summed E-state index contributed by atoms with van der Waals surface area (Å²) in [5.41, 5.74) is 4.93. The largest absolute Gasteiger partial charge is 0.497 e. The topological polar surface area (TPSA) is 65.0 Å². The van der Waals surface area contributed by atoms with Gasteiger partial charge in [0.25, 0.3) is 0 Å². The van der Waals surface area contributed by atoms with Crippen molar-refractivity contribution in [2.45, 2.75) is 62.6 Å². The van der Waals surface area contributed by atoms with Crippen LogP contribution in [0, 0.1) is 11.7 Å². The number of carbonyl (C=O) groups is 1. The van der Waals surface area contributed by atoms with Crippen molar-refractivity contribution in [1.29, 1.82) is 0 Å². The minimum absolute atomic E-state index is 0.219. The van der Waals surface area contributed by atoms with Crippen molar-refractivity contribution >= 4 is 5.97 Å². The first-order valence-electron chi connectivity index (χ1n) is 13.4. The zero-order valence-corrected chi connectivity index (χ0v) is 21.9. The van der Waals surface area contributed by atoms with Gasteiger partial charge in [-0.1, -0.05) is 31.0 Å². The van der Waals surface area contributed by atoms with Crippen molar-refractivity contribution in [3.8, 4) is 22.6 Å². The molecule has 6 rings (SSSR count). The van der Waals surface area contributed by atoms with Crippen molar-refractivity contribution in [2.24, 2.45) is 5.92 Å². The van der Waals surface area contributed by atoms with Gasteiger partial charge in [-0.25, -0.2) is 4.39 Å². The molecule has 0 radical (unpaired) electrons. The molecule has 38 heavy (non-hydrogen) atoms. The molecular weight excluding hydrogens is 483 g/mol. The summed E-state index contributed by atoms with van der Waals surface area (Å²) >= 11 is 0. The van der Waals surface area contributed by atoms with Crippen molar-refractivity contribution in [1.82, 2.24) is 0 Å². The summed E-state index contributed by atoms with van der Waals surface area (Å²) in [5.74, 6) is 0.0544. The summed E-state index contributed by atoms with van der Waals surface area (Å²) in [6.45, 7) is 0.349. The Balaban J connectivity index is 1.31. The molecule has 3 aliphatic rings. The molecule has 2 saturated carbocycles. The molecule has 1 N–H and O–H groups in total. The van der Waals surface area contributed by atoms with Crippen molar-refractivity contribution in [3.05, 3.63) is 82.7 Å². The number of benzene rings is 3. The standard InChI is InChI=1S/C32H33FO5/c1-36-22-8-10-29(33)25(16-22)24-9-5-20(15-27(24)32(37-2)12-3-4-13-32)19-38-23-7-6-21-11-14-31(26(21)17-23)18-28(31)30(34)35/h5-10,15-17,28H,3-4,11-14,18-19H2,1-2H3,(H,34,35)/t28-,31+/m1/s1. The molecule has 3 aliphatic carbocycles. The Labute approximate surface area is 222 Å². The Kier molecular flexibility index (Phi) is 6.18. The van der Waals surface area contributed by atoms with Gasteiger partial charge in [0.1, 0.15) is 23.9 Å². The number of aliphatic carboxylic acids is 1. The number of rotatable bonds is 8. The van der Waals surface area contributed by atoms with Gasteiger partial charge in [0.05, 0.1) is 18.6 Å². The monoisotopic (exact) mass is 516 g/mol. The van der Waals surface area contributed by atoms with Gasteiger partial charge in [-0.2, -0.15) is 0 Å². The number of aryl methyl sites for hydroxylation is 1. The second kappa shape index (κ2) is 9.42. The lowest BCUT2D eigenvalue weighted by atomic mass is 9.84. The zero-order chi connectivity index (χ0) is 26.5. The van der Waals surface area contributed by atoms with Crippen LogP contribution < -0.4 is 9.47 Å². The molecule has 2 atom stereocenters. The van der Waals surface area contributed by atoms with E-state index in [1.807, 2.05) is 24.3 Å². The lowest BCUT2D eigenvalue weighted by Gasteiger charge is -2.31. The van der Waals surface area contributed by atoms with E-state index in [1.54, 1.807) is 26.4 Å². The fourth-order valence-corrected chi connectivity index (χ4v) is 6.85. The number of ether oxygens (including phenoxy) is 3. The smallest absolute Gasteiger partial charge is 0.307 e. The van der Waals surface area contributed by atoms with Gasteiger partial charge in [0.15, 0.2) is 0 Å². The molecule has 6 heteroatoms. The van der Waals surface area contributed by atoms with E-state index < -0.39 is 11.6 Å². The highest BCUT2D eigenvalue weighted by atomic mass is 19.1. The minimum atomic E-state index is -0.705. The van der Waals surface area contributed by atoms with Crippen LogP contribution in [0.25, 0.3) is 11.1 Å². The molecule has 3 aromatic rings. The van der Waals surface area contributed by atoms with E-state index in [1.165, 1.54) is 11.6 Å². The first-order chi connectivity index (χ1) is 18.4. The number of methoxy groups -OCH3 is 2. The first kappa shape index (κ1) is 24.9. The van der Waals surface area contributed by atoms with E-state index in [0.29, 0.717) is 24.3 Å². The number of fused-ring (bicyclic) bond motifs is 2. The van der Waals surface area contributed by atoms with E-state index in [4.69, 9.17) is 14.2 Å². The Morgan fingerprint density at radius 1 is 0.947 bits per heavy atom. The Morgan fingerprint density at radius 2 is 1.74 bits per heavy atom. The highest BCUT2D eigenvalue weighted by Crippen LogP contribution is 2.62. The summed E-state index contributed by atoms with van der Waals surface area (Å²) in [7, 11) is 3.32. The van der Waals surface area contributed by atoms with Crippen LogP contribution in [0.3, 0.4) is 0 Å². The molecule has 0 aliphatic heterocycles. The molecule has 0 amide bonds. The molecule has 0 bridgehead atoms. The lowest BCUT2D eigenvalue weighted by molar-refractivity contribution is -0.139. The average Bonchev–Trinajstić information content (AvgIpc) is 3.29. The molecular formula is C32H33FO5. The summed E-state index contributed by atoms with van der Waals surface area (Å²) in [4.78, 5) is 11.6. The van der Waals surface area contributed by atoms with Gasteiger partial charge in [0, 0.05) is 18.1 Å². The number of hydrogen-bond acceptors (Lipinski definition) is 4. The van der Waals surface area contributed by atoms with Gasteiger partial charge < -0.3 is 19.3 Å². The lowest BCUT2D eigenvalue weighted by Crippen LogP contribution is -2.25. The second-order valence-electron chi connectivity index (χ2n) is 11.0. The van der Waals surface area contributed by atoms with Crippen LogP contribution in [0.4, 0.5) is 4.39 Å². The predicted octanol–water partition coefficient (Wildman–Crippen LogP) is 6.78. The maximum absolute atomic E-state index is 15.1. The first-order valence-corrected chi connectivity index (χ1v) is 13.4. The van der Waals surface area contributed by atoms with Gasteiger partial charge in [-0.05, 0) is 96.3 Å². The van der Waals surface area contributed by atoms with Gasteiger partial charge in [-0.3, -0.25) is 4.79 Å². The molecule has 2 fully saturated rings. The van der Waals surface area contributed by atoms with Crippen LogP contribution >= 0.6 is 0 Å². The van der Waals surface area contributed by atoms with Crippen molar-refractivity contribution in [3.63, 3.8) is 0 Å². The zero-order valence-electron chi connectivity index (χ0n) is 21.9. The van der Waals surface area contributed by atoms with Crippen LogP contribution in [0.5, 0.6) is 11.5 Å². The molecule has 0 aromatic heterocycles. The van der Waals surface area contributed by atoms with Crippen LogP contribution in [-0.2, 0) is 33.6 Å². The number of hydrogen-bond donors (Lipinski definition) is 1. The van der Waals surface area contributed by atoms with Gasteiger partial charge >= 0.3 is 5.97 Å². The Morgan fingerprint density at radius 3 is 2.45 bits per heavy atom. The summed E-state index contributed by atoms with van der Waals surface area (Å²) in [6.07, 6.45) is 6.40. The second-order valence-corrected chi connectivity index (χ2v) is 11.0. The van der Waals surface area contributed by atoms with Crippen molar-refractivity contribution in [2.75, 3.05) is 14.2 Å². The summed E-state index contributed by atoms with van der Waals surface area (Å²) in [6, 6.07) is 16.9. The molecule has 0 unspecified atom stereocenters. The van der Waals surface area contributed by atoms with E-state index >= 15 is 4.39 Å². The average molecular weight is 517 g/mol. The SMILES string of the molecule is COc1ccc(F)c(-c2ccc(COc3ccc4c(c3)[C@]3(CC4)C[C@@H]3C(=O)O)cc2C2(OC)CCCC2)c1. The Bertz CT molecular complexity index is 1390. The van der Waals surface area contributed by atoms with Crippen molar-refractivity contribution < 1.29 is 28.5 Å². The summed E-state index contributed by atoms with van der Waals surface area (Å²) < 4.78 is 32.8. The normalized spacial score (nSPS) is 22.9. The number of carboxylic acids is 1. The minimum Gasteiger partial charge on any atom is -0.497 e. The fourth-order valence-electron chi connectivity index (χ4n) is 6.85. The third-order valence-corrected chi connectivity index (χ3v) is 9.08. The van der Waals surface area contributed by atoms with Crippen LogP contribution in [0.2, 0.25) is 0 Å².